The van der Waals surface area contributed by atoms with Crippen LogP contribution in [0.2, 0.25) is 0 Å². The third kappa shape index (κ3) is 1.95. The van der Waals surface area contributed by atoms with Gasteiger partial charge in [0.1, 0.15) is 5.70 Å². The van der Waals surface area contributed by atoms with Gasteiger partial charge in [-0.3, -0.25) is 15.8 Å². The molecule has 0 saturated heterocycles. The number of carbonyl (C=O) groups is 1. The Bertz CT molecular complexity index is 660. The molecule has 0 spiro atoms. The Hall–Kier alpha value is -2.67. The van der Waals surface area contributed by atoms with Crippen LogP contribution in [0.3, 0.4) is 0 Å². The SMILES string of the molecule is NC1N=C2C(=NC(c3ccccc3)=C[N+]2=O)C(=O)N1. The molecule has 94 valence electrons. The van der Waals surface area contributed by atoms with Crippen molar-refractivity contribution in [2.75, 3.05) is 0 Å². The quantitative estimate of drug-likeness (QED) is 0.691. The van der Waals surface area contributed by atoms with E-state index in [0.717, 1.165) is 5.56 Å². The Kier molecular flexibility index (Phi) is 2.53. The Morgan fingerprint density at radius 2 is 2.00 bits per heavy atom. The van der Waals surface area contributed by atoms with Gasteiger partial charge >= 0.3 is 5.84 Å². The topological polar surface area (TPSA) is 99.9 Å². The van der Waals surface area contributed by atoms with E-state index in [1.54, 1.807) is 12.1 Å². The summed E-state index contributed by atoms with van der Waals surface area (Å²) in [5.74, 6) is -0.559. The molecule has 0 aromatic heterocycles. The van der Waals surface area contributed by atoms with E-state index >= 15 is 0 Å². The van der Waals surface area contributed by atoms with Crippen LogP contribution in [-0.2, 0) is 4.79 Å². The summed E-state index contributed by atoms with van der Waals surface area (Å²) in [5, 5.41) is 2.40. The van der Waals surface area contributed by atoms with Crippen LogP contribution in [0.15, 0.2) is 46.5 Å². The molecule has 2 aliphatic rings. The van der Waals surface area contributed by atoms with Crippen LogP contribution in [-0.4, -0.2) is 28.5 Å². The smallest absolute Gasteiger partial charge is 0.296 e. The molecule has 0 radical (unpaired) electrons. The van der Waals surface area contributed by atoms with Gasteiger partial charge < -0.3 is 0 Å². The number of aliphatic imine (C=N–C) groups is 2. The minimum atomic E-state index is -0.912. The molecule has 3 N–H and O–H groups in total. The number of amidine groups is 1. The number of rotatable bonds is 1. The third-order valence-electron chi connectivity index (χ3n) is 2.72. The van der Waals surface area contributed by atoms with Gasteiger partial charge in [0.15, 0.2) is 6.20 Å². The molecule has 19 heavy (non-hydrogen) atoms. The number of amides is 1. The minimum Gasteiger partial charge on any atom is -0.296 e. The predicted octanol–water partition coefficient (Wildman–Crippen LogP) is -0.0109. The number of nitrogens with zero attached hydrogens (tertiary/aromatic N) is 3. The number of hydrogen-bond donors (Lipinski definition) is 2. The number of carbonyl (C=O) groups excluding carboxylic acids is 1. The van der Waals surface area contributed by atoms with Crippen LogP contribution in [0.1, 0.15) is 5.56 Å². The van der Waals surface area contributed by atoms with Gasteiger partial charge in [0.25, 0.3) is 12.2 Å². The predicted molar refractivity (Wildman–Crippen MR) is 69.0 cm³/mol. The van der Waals surface area contributed by atoms with Crippen molar-refractivity contribution in [1.29, 1.82) is 0 Å². The van der Waals surface area contributed by atoms with Crippen LogP contribution in [0.4, 0.5) is 0 Å². The van der Waals surface area contributed by atoms with Gasteiger partial charge in [-0.2, -0.15) is 0 Å². The van der Waals surface area contributed by atoms with Gasteiger partial charge in [-0.25, -0.2) is 4.99 Å². The van der Waals surface area contributed by atoms with Crippen molar-refractivity contribution in [2.45, 2.75) is 6.29 Å². The second kappa shape index (κ2) is 4.21. The average molecular weight is 256 g/mol. The zero-order valence-corrected chi connectivity index (χ0v) is 9.78. The van der Waals surface area contributed by atoms with Crippen molar-refractivity contribution in [3.63, 3.8) is 0 Å². The molecule has 2 heterocycles. The highest BCUT2D eigenvalue weighted by Gasteiger charge is 2.40. The molecular weight excluding hydrogens is 246 g/mol. The zero-order valence-electron chi connectivity index (χ0n) is 9.78. The number of nitroso groups, excluding NO2 is 1. The first kappa shape index (κ1) is 11.4. The van der Waals surface area contributed by atoms with Crippen molar-refractivity contribution in [1.82, 2.24) is 5.32 Å². The molecule has 0 saturated carbocycles. The second-order valence-electron chi connectivity index (χ2n) is 4.04. The summed E-state index contributed by atoms with van der Waals surface area (Å²) in [6.45, 7) is 0. The maximum absolute atomic E-state index is 11.9. The van der Waals surface area contributed by atoms with Crippen molar-refractivity contribution in [3.8, 4) is 0 Å². The van der Waals surface area contributed by atoms with Crippen LogP contribution in [0.5, 0.6) is 0 Å². The summed E-state index contributed by atoms with van der Waals surface area (Å²) < 4.78 is 0.517. The van der Waals surface area contributed by atoms with E-state index in [-0.39, 0.29) is 11.5 Å². The number of fused-ring (bicyclic) bond motifs is 1. The normalized spacial score (nSPS) is 21.9. The van der Waals surface area contributed by atoms with Gasteiger partial charge in [-0.1, -0.05) is 35.2 Å². The molecule has 2 aliphatic heterocycles. The maximum atomic E-state index is 11.9. The molecular formula is C12H10N5O2+. The molecule has 3 rings (SSSR count). The fourth-order valence-electron chi connectivity index (χ4n) is 1.86. The lowest BCUT2D eigenvalue weighted by Crippen LogP contribution is -2.53. The standard InChI is InChI=1S/C12H9N5O2/c13-12-15-10-9(11(18)16-12)14-8(6-17(10)19)7-4-2-1-3-5-7/h1-6,12H,13H2/p+1. The summed E-state index contributed by atoms with van der Waals surface area (Å²) in [4.78, 5) is 31.7. The molecule has 1 amide bonds. The van der Waals surface area contributed by atoms with Crippen LogP contribution < -0.4 is 11.1 Å². The summed E-state index contributed by atoms with van der Waals surface area (Å²) in [6.07, 6.45) is 0.368. The molecule has 7 heteroatoms. The molecule has 1 aromatic carbocycles. The average Bonchev–Trinajstić information content (AvgIpc) is 2.41. The van der Waals surface area contributed by atoms with Gasteiger partial charge in [0.2, 0.25) is 5.71 Å². The summed E-state index contributed by atoms with van der Waals surface area (Å²) in [6, 6.07) is 9.11. The first-order valence-corrected chi connectivity index (χ1v) is 5.62. The highest BCUT2D eigenvalue weighted by atomic mass is 16.3. The van der Waals surface area contributed by atoms with Crippen LogP contribution in [0, 0.1) is 4.91 Å². The number of hydrogen-bond acceptors (Lipinski definition) is 5. The Morgan fingerprint density at radius 3 is 2.74 bits per heavy atom. The molecule has 1 atom stereocenters. The third-order valence-corrected chi connectivity index (χ3v) is 2.72. The van der Waals surface area contributed by atoms with E-state index < -0.39 is 12.2 Å². The van der Waals surface area contributed by atoms with Crippen molar-refractivity contribution >= 4 is 23.2 Å². The largest absolute Gasteiger partial charge is 0.396 e. The van der Waals surface area contributed by atoms with Gasteiger partial charge in [-0.15, -0.1) is 0 Å². The van der Waals surface area contributed by atoms with E-state index in [4.69, 9.17) is 5.73 Å². The fraction of sp³-hybridized carbons (Fsp3) is 0.0833. The van der Waals surface area contributed by atoms with E-state index in [1.165, 1.54) is 6.20 Å². The fourth-order valence-corrected chi connectivity index (χ4v) is 1.86. The molecule has 0 fully saturated rings. The summed E-state index contributed by atoms with van der Waals surface area (Å²) in [5.41, 5.74) is 6.62. The minimum absolute atomic E-state index is 0.0157. The molecule has 0 bridgehead atoms. The Morgan fingerprint density at radius 1 is 1.26 bits per heavy atom. The highest BCUT2D eigenvalue weighted by molar-refractivity contribution is 6.66. The first-order chi connectivity index (χ1) is 9.15. The Balaban J connectivity index is 2.09. The van der Waals surface area contributed by atoms with Crippen molar-refractivity contribution in [2.24, 2.45) is 15.7 Å². The lowest BCUT2D eigenvalue weighted by atomic mass is 10.1. The molecule has 7 nitrogen and oxygen atoms in total. The van der Waals surface area contributed by atoms with Gasteiger partial charge in [0, 0.05) is 10.3 Å². The van der Waals surface area contributed by atoms with E-state index in [2.05, 4.69) is 15.3 Å². The van der Waals surface area contributed by atoms with E-state index in [9.17, 15) is 9.70 Å². The maximum Gasteiger partial charge on any atom is 0.396 e. The number of nitrogens with two attached hydrogens (primary N) is 1. The lowest BCUT2D eigenvalue weighted by Gasteiger charge is -2.14. The number of nitrogens with one attached hydrogen (secondary N) is 1. The van der Waals surface area contributed by atoms with Gasteiger partial charge in [-0.05, 0) is 4.99 Å². The summed E-state index contributed by atoms with van der Waals surface area (Å²) >= 11 is 0. The molecule has 1 unspecified atom stereocenters. The van der Waals surface area contributed by atoms with E-state index in [1.807, 2.05) is 18.2 Å². The zero-order chi connectivity index (χ0) is 13.4. The van der Waals surface area contributed by atoms with Crippen molar-refractivity contribution < 1.29 is 9.55 Å². The van der Waals surface area contributed by atoms with Crippen LogP contribution in [0.25, 0.3) is 5.70 Å². The molecule has 0 aliphatic carbocycles. The van der Waals surface area contributed by atoms with Gasteiger partial charge in [0.05, 0.1) is 0 Å². The number of benzene rings is 1. The van der Waals surface area contributed by atoms with E-state index in [0.29, 0.717) is 10.5 Å². The second-order valence-corrected chi connectivity index (χ2v) is 4.04. The van der Waals surface area contributed by atoms with Crippen molar-refractivity contribution in [3.05, 3.63) is 47.0 Å². The monoisotopic (exact) mass is 256 g/mol. The Labute approximate surface area is 108 Å². The highest BCUT2D eigenvalue weighted by Crippen LogP contribution is 2.20. The molecule has 1 aromatic rings. The first-order valence-electron chi connectivity index (χ1n) is 5.62. The summed E-state index contributed by atoms with van der Waals surface area (Å²) in [7, 11) is 0. The lowest BCUT2D eigenvalue weighted by molar-refractivity contribution is -0.346. The van der Waals surface area contributed by atoms with Crippen LogP contribution >= 0.6 is 0 Å².